The maximum absolute atomic E-state index is 12.9. The SMILES string of the molecule is COC(=O)c1ccc(CP(Br)(c2ccccc2)(c2ccccc2)c2ccccc2)c(C(=O)OC)c1. The molecule has 0 saturated heterocycles. The van der Waals surface area contributed by atoms with Crippen LogP contribution in [0.2, 0.25) is 0 Å². The summed E-state index contributed by atoms with van der Waals surface area (Å²) in [6.07, 6.45) is 0.496. The van der Waals surface area contributed by atoms with Gasteiger partial charge in [-0.3, -0.25) is 0 Å². The summed E-state index contributed by atoms with van der Waals surface area (Å²) in [7, 11) is 2.66. The Morgan fingerprint density at radius 3 is 1.49 bits per heavy atom. The topological polar surface area (TPSA) is 52.6 Å². The standard InChI is InChI=1S/C29H26BrO4P/c1-33-28(31)22-18-19-23(27(20-22)29(32)34-2)21-35(30,24-12-6-3-7-13-24,25-14-8-4-9-15-25)26-16-10-5-11-17-26/h3-20H,21H2,1-2H3. The zero-order valence-corrected chi connectivity index (χ0v) is 22.0. The molecule has 4 nitrogen and oxygen atoms in total. The first-order valence-corrected chi connectivity index (χ1v) is 15.6. The average Bonchev–Trinajstić information content (AvgIpc) is 2.94. The minimum atomic E-state index is -3.34. The van der Waals surface area contributed by atoms with Gasteiger partial charge in [-0.1, -0.05) is 0 Å². The van der Waals surface area contributed by atoms with Gasteiger partial charge in [0.1, 0.15) is 0 Å². The van der Waals surface area contributed by atoms with E-state index in [4.69, 9.17) is 9.47 Å². The van der Waals surface area contributed by atoms with Crippen molar-refractivity contribution in [2.75, 3.05) is 14.2 Å². The van der Waals surface area contributed by atoms with Crippen LogP contribution in [0.3, 0.4) is 0 Å². The third kappa shape index (κ3) is 4.42. The third-order valence-electron chi connectivity index (χ3n) is 6.29. The van der Waals surface area contributed by atoms with E-state index in [-0.39, 0.29) is 0 Å². The van der Waals surface area contributed by atoms with Crippen molar-refractivity contribution in [3.05, 3.63) is 126 Å². The summed E-state index contributed by atoms with van der Waals surface area (Å²) in [5.41, 5.74) is 1.41. The van der Waals surface area contributed by atoms with Crippen LogP contribution < -0.4 is 15.9 Å². The number of esters is 2. The zero-order chi connectivity index (χ0) is 24.9. The molecule has 4 aromatic rings. The first kappa shape index (κ1) is 24.8. The Kier molecular flexibility index (Phi) is 7.20. The molecule has 0 N–H and O–H groups in total. The Balaban J connectivity index is 2.07. The number of methoxy groups -OCH3 is 2. The van der Waals surface area contributed by atoms with Gasteiger partial charge in [0.2, 0.25) is 0 Å². The van der Waals surface area contributed by atoms with E-state index in [9.17, 15) is 9.59 Å². The Labute approximate surface area is 213 Å². The van der Waals surface area contributed by atoms with Crippen molar-refractivity contribution in [1.82, 2.24) is 0 Å². The fourth-order valence-corrected chi connectivity index (χ4v) is 12.2. The van der Waals surface area contributed by atoms with Gasteiger partial charge in [0.15, 0.2) is 0 Å². The summed E-state index contributed by atoms with van der Waals surface area (Å²) in [4.78, 5) is 25.1. The molecular formula is C29H26BrO4P. The first-order valence-electron chi connectivity index (χ1n) is 11.1. The fourth-order valence-electron chi connectivity index (χ4n) is 4.52. The summed E-state index contributed by atoms with van der Waals surface area (Å²) in [6, 6.07) is 36.1. The number of halogens is 1. The number of carbonyl (C=O) groups is 2. The van der Waals surface area contributed by atoms with Crippen molar-refractivity contribution in [3.63, 3.8) is 0 Å². The molecule has 0 aromatic heterocycles. The monoisotopic (exact) mass is 548 g/mol. The molecule has 0 heterocycles. The van der Waals surface area contributed by atoms with Gasteiger partial charge >= 0.3 is 214 Å². The van der Waals surface area contributed by atoms with E-state index in [0.29, 0.717) is 17.3 Å². The number of ether oxygens (including phenoxy) is 2. The zero-order valence-electron chi connectivity index (χ0n) is 19.6. The molecular weight excluding hydrogens is 523 g/mol. The molecule has 0 aliphatic heterocycles. The molecule has 6 heteroatoms. The Morgan fingerprint density at radius 1 is 0.657 bits per heavy atom. The summed E-state index contributed by atoms with van der Waals surface area (Å²) < 4.78 is 10.00. The normalized spacial score (nSPS) is 12.3. The average molecular weight is 549 g/mol. The van der Waals surface area contributed by atoms with Crippen LogP contribution in [0.1, 0.15) is 26.3 Å². The number of rotatable bonds is 7. The van der Waals surface area contributed by atoms with Crippen LogP contribution in [0.15, 0.2) is 109 Å². The molecule has 0 spiro atoms. The van der Waals surface area contributed by atoms with E-state index >= 15 is 0 Å². The molecule has 4 aromatic carbocycles. The van der Waals surface area contributed by atoms with Gasteiger partial charge in [0.05, 0.1) is 0 Å². The van der Waals surface area contributed by atoms with Gasteiger partial charge in [0.25, 0.3) is 0 Å². The molecule has 0 saturated carbocycles. The maximum atomic E-state index is 12.9. The second-order valence-corrected chi connectivity index (χ2v) is 17.1. The molecule has 0 amide bonds. The van der Waals surface area contributed by atoms with Crippen LogP contribution in [0.5, 0.6) is 0 Å². The molecule has 0 radical (unpaired) electrons. The predicted octanol–water partition coefficient (Wildman–Crippen LogP) is 5.60. The van der Waals surface area contributed by atoms with Crippen LogP contribution in [0.4, 0.5) is 0 Å². The molecule has 0 aliphatic rings. The van der Waals surface area contributed by atoms with Crippen molar-refractivity contribution in [2.45, 2.75) is 6.16 Å². The van der Waals surface area contributed by atoms with Crippen LogP contribution >= 0.6 is 20.8 Å². The summed E-state index contributed by atoms with van der Waals surface area (Å²) in [5.74, 6) is -1.01. The van der Waals surface area contributed by atoms with Gasteiger partial charge in [0, 0.05) is 0 Å². The molecule has 0 bridgehead atoms. The van der Waals surface area contributed by atoms with Gasteiger partial charge in [-0.05, 0) is 0 Å². The summed E-state index contributed by atoms with van der Waals surface area (Å²) in [6.45, 7) is 0. The van der Waals surface area contributed by atoms with Crippen molar-refractivity contribution in [3.8, 4) is 0 Å². The fraction of sp³-hybridized carbons (Fsp3) is 0.103. The molecule has 0 aliphatic carbocycles. The van der Waals surface area contributed by atoms with Gasteiger partial charge < -0.3 is 0 Å². The Bertz CT molecular complexity index is 1240. The van der Waals surface area contributed by atoms with E-state index in [1.54, 1.807) is 12.1 Å². The van der Waals surface area contributed by atoms with E-state index in [0.717, 1.165) is 21.5 Å². The number of hydrogen-bond acceptors (Lipinski definition) is 4. The second-order valence-electron chi connectivity index (χ2n) is 8.20. The van der Waals surface area contributed by atoms with E-state index < -0.39 is 17.2 Å². The van der Waals surface area contributed by atoms with E-state index in [1.807, 2.05) is 60.7 Å². The number of carbonyl (C=O) groups excluding carboxylic acids is 2. The number of hydrogen-bond donors (Lipinski definition) is 0. The summed E-state index contributed by atoms with van der Waals surface area (Å²) in [5, 5.41) is 0.0433. The minimum absolute atomic E-state index is 0.297. The van der Waals surface area contributed by atoms with Crippen LogP contribution in [0.25, 0.3) is 0 Å². The van der Waals surface area contributed by atoms with Crippen LogP contribution in [0, 0.1) is 0 Å². The van der Waals surface area contributed by atoms with Gasteiger partial charge in [-0.2, -0.15) is 0 Å². The van der Waals surface area contributed by atoms with Crippen molar-refractivity contribution >= 4 is 48.6 Å². The second kappa shape index (κ2) is 10.2. The molecule has 35 heavy (non-hydrogen) atoms. The van der Waals surface area contributed by atoms with Crippen molar-refractivity contribution in [1.29, 1.82) is 0 Å². The Morgan fingerprint density at radius 2 is 1.09 bits per heavy atom. The third-order valence-corrected chi connectivity index (χ3v) is 15.8. The van der Waals surface area contributed by atoms with E-state index in [1.165, 1.54) is 14.2 Å². The number of benzene rings is 4. The predicted molar refractivity (Wildman–Crippen MR) is 147 cm³/mol. The molecule has 178 valence electrons. The Hall–Kier alpha value is -3.27. The molecule has 4 rings (SSSR count). The van der Waals surface area contributed by atoms with Crippen molar-refractivity contribution in [2.24, 2.45) is 0 Å². The molecule has 0 fully saturated rings. The first-order chi connectivity index (χ1) is 16.9. The van der Waals surface area contributed by atoms with Gasteiger partial charge in [-0.15, -0.1) is 0 Å². The molecule has 0 unspecified atom stereocenters. The van der Waals surface area contributed by atoms with Crippen molar-refractivity contribution < 1.29 is 19.1 Å². The molecule has 0 atom stereocenters. The summed E-state index contributed by atoms with van der Waals surface area (Å²) >= 11 is 4.41. The van der Waals surface area contributed by atoms with Crippen LogP contribution in [-0.4, -0.2) is 26.2 Å². The quantitative estimate of drug-likeness (QED) is 0.223. The van der Waals surface area contributed by atoms with E-state index in [2.05, 4.69) is 51.9 Å². The van der Waals surface area contributed by atoms with Crippen LogP contribution in [-0.2, 0) is 15.6 Å². The van der Waals surface area contributed by atoms with Gasteiger partial charge in [-0.25, -0.2) is 0 Å².